The van der Waals surface area contributed by atoms with Gasteiger partial charge in [0.15, 0.2) is 0 Å². The van der Waals surface area contributed by atoms with Crippen LogP contribution in [0.4, 0.5) is 0 Å². The molecule has 3 N–H and O–H groups in total. The minimum atomic E-state index is -0.440. The molecule has 6 nitrogen and oxygen atoms in total. The predicted octanol–water partition coefficient (Wildman–Crippen LogP) is 1.83. The zero-order chi connectivity index (χ0) is 16.4. The van der Waals surface area contributed by atoms with Crippen LogP contribution in [0.15, 0.2) is 30.5 Å². The van der Waals surface area contributed by atoms with Crippen molar-refractivity contribution in [1.82, 2.24) is 15.1 Å². The van der Waals surface area contributed by atoms with Gasteiger partial charge in [-0.3, -0.25) is 14.3 Å². The second-order valence-corrected chi connectivity index (χ2v) is 6.07. The van der Waals surface area contributed by atoms with Crippen molar-refractivity contribution in [2.75, 3.05) is 0 Å². The summed E-state index contributed by atoms with van der Waals surface area (Å²) in [6.45, 7) is 0.0436. The number of aromatic nitrogens is 2. The summed E-state index contributed by atoms with van der Waals surface area (Å²) >= 11 is 5.93. The molecule has 2 aromatic rings. The third-order valence-corrected chi connectivity index (χ3v) is 4.08. The zero-order valence-electron chi connectivity index (χ0n) is 12.5. The lowest BCUT2D eigenvalue weighted by Gasteiger charge is -2.22. The molecular formula is C16H17ClN4O2. The van der Waals surface area contributed by atoms with Crippen LogP contribution in [0.25, 0.3) is 0 Å². The quantitative estimate of drug-likeness (QED) is 0.895. The maximum atomic E-state index is 12.4. The van der Waals surface area contributed by atoms with Crippen LogP contribution in [0.5, 0.6) is 0 Å². The number of nitrogens with zero attached hydrogens (tertiary/aromatic N) is 2. The molecule has 1 aromatic heterocycles. The number of hydrogen-bond acceptors (Lipinski definition) is 3. The van der Waals surface area contributed by atoms with E-state index in [0.29, 0.717) is 10.6 Å². The predicted molar refractivity (Wildman–Crippen MR) is 86.0 cm³/mol. The summed E-state index contributed by atoms with van der Waals surface area (Å²) < 4.78 is 1.54. The van der Waals surface area contributed by atoms with Crippen molar-refractivity contribution in [1.29, 1.82) is 0 Å². The van der Waals surface area contributed by atoms with Gasteiger partial charge in [0.25, 0.3) is 5.91 Å². The van der Waals surface area contributed by atoms with Gasteiger partial charge in [0.1, 0.15) is 6.54 Å². The fraction of sp³-hybridized carbons (Fsp3) is 0.312. The molecule has 120 valence electrons. The molecule has 0 saturated carbocycles. The monoisotopic (exact) mass is 332 g/mol. The number of nitrogens with one attached hydrogen (secondary N) is 1. The molecule has 0 radical (unpaired) electrons. The summed E-state index contributed by atoms with van der Waals surface area (Å²) in [4.78, 5) is 23.4. The number of fused-ring (bicyclic) bond motifs is 1. The van der Waals surface area contributed by atoms with Crippen molar-refractivity contribution in [2.24, 2.45) is 5.73 Å². The van der Waals surface area contributed by atoms with Gasteiger partial charge in [-0.15, -0.1) is 0 Å². The van der Waals surface area contributed by atoms with E-state index in [-0.39, 0.29) is 18.5 Å². The van der Waals surface area contributed by atoms with Crippen LogP contribution in [0.2, 0.25) is 5.02 Å². The summed E-state index contributed by atoms with van der Waals surface area (Å²) in [6.07, 6.45) is 4.48. The number of carbonyl (C=O) groups excluding carboxylic acids is 2. The molecule has 1 aliphatic rings. The van der Waals surface area contributed by atoms with E-state index in [1.807, 2.05) is 6.20 Å². The number of carbonyl (C=O) groups is 2. The van der Waals surface area contributed by atoms with E-state index in [4.69, 9.17) is 17.3 Å². The molecule has 0 saturated heterocycles. The first-order valence-corrected chi connectivity index (χ1v) is 7.81. The van der Waals surface area contributed by atoms with Gasteiger partial charge in [0.2, 0.25) is 5.91 Å². The molecular weight excluding hydrogens is 316 g/mol. The summed E-state index contributed by atoms with van der Waals surface area (Å²) in [6, 6.07) is 6.65. The highest BCUT2D eigenvalue weighted by atomic mass is 35.5. The van der Waals surface area contributed by atoms with Gasteiger partial charge in [-0.1, -0.05) is 17.7 Å². The number of amides is 2. The van der Waals surface area contributed by atoms with E-state index in [0.717, 1.165) is 30.5 Å². The molecule has 0 spiro atoms. The van der Waals surface area contributed by atoms with Gasteiger partial charge in [-0.05, 0) is 43.0 Å². The van der Waals surface area contributed by atoms with E-state index in [9.17, 15) is 9.59 Å². The van der Waals surface area contributed by atoms with Gasteiger partial charge in [0, 0.05) is 16.8 Å². The lowest BCUT2D eigenvalue weighted by Crippen LogP contribution is -2.31. The Morgan fingerprint density at radius 3 is 3.00 bits per heavy atom. The van der Waals surface area contributed by atoms with Gasteiger partial charge < -0.3 is 11.1 Å². The lowest BCUT2D eigenvalue weighted by molar-refractivity contribution is -0.118. The zero-order valence-corrected chi connectivity index (χ0v) is 13.2. The molecule has 7 heteroatoms. The van der Waals surface area contributed by atoms with Crippen molar-refractivity contribution in [3.8, 4) is 0 Å². The summed E-state index contributed by atoms with van der Waals surface area (Å²) in [5.74, 6) is -0.626. The van der Waals surface area contributed by atoms with Crippen LogP contribution in [-0.2, 0) is 17.8 Å². The van der Waals surface area contributed by atoms with Crippen molar-refractivity contribution in [3.63, 3.8) is 0 Å². The van der Waals surface area contributed by atoms with Crippen LogP contribution in [-0.4, -0.2) is 21.6 Å². The van der Waals surface area contributed by atoms with Crippen LogP contribution in [0, 0.1) is 0 Å². The van der Waals surface area contributed by atoms with Crippen LogP contribution in [0.3, 0.4) is 0 Å². The first-order valence-electron chi connectivity index (χ1n) is 7.44. The highest BCUT2D eigenvalue weighted by molar-refractivity contribution is 6.30. The number of hydrogen-bond donors (Lipinski definition) is 2. The normalized spacial score (nSPS) is 16.7. The first-order chi connectivity index (χ1) is 11.0. The smallest absolute Gasteiger partial charge is 0.251 e. The SMILES string of the molecule is NC(=O)Cn1cc2c(n1)[C@H](NC(=O)c1cccc(Cl)c1)CCC2. The third kappa shape index (κ3) is 3.53. The Balaban J connectivity index is 1.78. The van der Waals surface area contributed by atoms with Crippen molar-refractivity contribution < 1.29 is 9.59 Å². The average Bonchev–Trinajstić information content (AvgIpc) is 2.89. The standard InChI is InChI=1S/C16H17ClN4O2/c17-12-5-1-3-10(7-12)16(23)19-13-6-2-4-11-8-21(9-14(18)22)20-15(11)13/h1,3,5,7-8,13H,2,4,6,9H2,(H2,18,22)(H,19,23)/t13-/m1/s1. The van der Waals surface area contributed by atoms with Gasteiger partial charge >= 0.3 is 0 Å². The maximum absolute atomic E-state index is 12.4. The molecule has 0 unspecified atom stereocenters. The Kier molecular flexibility index (Phi) is 4.34. The molecule has 0 bridgehead atoms. The minimum absolute atomic E-state index is 0.0436. The Morgan fingerprint density at radius 1 is 1.43 bits per heavy atom. The fourth-order valence-electron chi connectivity index (χ4n) is 2.85. The molecule has 1 aromatic carbocycles. The fourth-order valence-corrected chi connectivity index (χ4v) is 3.04. The van der Waals surface area contributed by atoms with Gasteiger partial charge in [-0.25, -0.2) is 0 Å². The molecule has 3 rings (SSSR count). The number of aryl methyl sites for hydroxylation is 1. The van der Waals surface area contributed by atoms with Gasteiger partial charge in [0.05, 0.1) is 11.7 Å². The number of nitrogens with two attached hydrogens (primary N) is 1. The van der Waals surface area contributed by atoms with Crippen LogP contribution in [0.1, 0.15) is 40.5 Å². The van der Waals surface area contributed by atoms with Gasteiger partial charge in [-0.2, -0.15) is 5.10 Å². The molecule has 1 atom stereocenters. The average molecular weight is 333 g/mol. The minimum Gasteiger partial charge on any atom is -0.368 e. The summed E-state index contributed by atoms with van der Waals surface area (Å²) in [5.41, 5.74) is 7.58. The van der Waals surface area contributed by atoms with E-state index in [2.05, 4.69) is 10.4 Å². The maximum Gasteiger partial charge on any atom is 0.251 e. The highest BCUT2D eigenvalue weighted by Crippen LogP contribution is 2.28. The number of rotatable bonds is 4. The van der Waals surface area contributed by atoms with Crippen molar-refractivity contribution in [3.05, 3.63) is 52.3 Å². The highest BCUT2D eigenvalue weighted by Gasteiger charge is 2.26. The van der Waals surface area contributed by atoms with Crippen LogP contribution >= 0.6 is 11.6 Å². The molecule has 0 aliphatic heterocycles. The summed E-state index contributed by atoms with van der Waals surface area (Å²) in [5, 5.41) is 7.93. The number of benzene rings is 1. The third-order valence-electron chi connectivity index (χ3n) is 3.85. The molecule has 1 aliphatic carbocycles. The first kappa shape index (κ1) is 15.6. The van der Waals surface area contributed by atoms with E-state index < -0.39 is 5.91 Å². The van der Waals surface area contributed by atoms with E-state index >= 15 is 0 Å². The number of halogens is 1. The molecule has 23 heavy (non-hydrogen) atoms. The summed E-state index contributed by atoms with van der Waals surface area (Å²) in [7, 11) is 0. The Bertz CT molecular complexity index is 756. The Hall–Kier alpha value is -2.34. The Morgan fingerprint density at radius 2 is 2.26 bits per heavy atom. The largest absolute Gasteiger partial charge is 0.368 e. The topological polar surface area (TPSA) is 90.0 Å². The van der Waals surface area contributed by atoms with E-state index in [1.165, 1.54) is 4.68 Å². The second-order valence-electron chi connectivity index (χ2n) is 5.63. The second kappa shape index (κ2) is 6.42. The molecule has 2 amide bonds. The van der Waals surface area contributed by atoms with Crippen molar-refractivity contribution in [2.45, 2.75) is 31.8 Å². The lowest BCUT2D eigenvalue weighted by atomic mass is 9.93. The van der Waals surface area contributed by atoms with Crippen molar-refractivity contribution >= 4 is 23.4 Å². The number of primary amides is 1. The molecule has 0 fully saturated rings. The van der Waals surface area contributed by atoms with E-state index in [1.54, 1.807) is 24.3 Å². The molecule has 1 heterocycles. The van der Waals surface area contributed by atoms with Crippen LogP contribution < -0.4 is 11.1 Å². The Labute approximate surface area is 138 Å².